The number of amides is 1. The zero-order chi connectivity index (χ0) is 15.9. The van der Waals surface area contributed by atoms with E-state index in [0.29, 0.717) is 17.4 Å². The van der Waals surface area contributed by atoms with Gasteiger partial charge < -0.3 is 9.47 Å². The minimum Gasteiger partial charge on any atom is -0.484 e. The lowest BCUT2D eigenvalue weighted by Gasteiger charge is -2.07. The second kappa shape index (κ2) is 7.03. The van der Waals surface area contributed by atoms with Crippen LogP contribution in [0.25, 0.3) is 0 Å². The van der Waals surface area contributed by atoms with Crippen molar-refractivity contribution in [2.75, 3.05) is 11.9 Å². The maximum atomic E-state index is 11.6. The third kappa shape index (κ3) is 4.27. The molecule has 23 heavy (non-hydrogen) atoms. The van der Waals surface area contributed by atoms with E-state index in [1.807, 2.05) is 12.1 Å². The molecule has 0 saturated heterocycles. The molecule has 1 aromatic carbocycles. The average molecular weight is 311 g/mol. The second-order valence-corrected chi connectivity index (χ2v) is 4.41. The van der Waals surface area contributed by atoms with Crippen molar-refractivity contribution in [3.8, 4) is 17.4 Å². The van der Waals surface area contributed by atoms with Gasteiger partial charge in [-0.3, -0.25) is 10.1 Å². The van der Waals surface area contributed by atoms with Gasteiger partial charge in [0.25, 0.3) is 5.91 Å². The van der Waals surface area contributed by atoms with Gasteiger partial charge in [0.2, 0.25) is 11.8 Å². The molecule has 0 aliphatic heterocycles. The Morgan fingerprint density at radius 3 is 2.61 bits per heavy atom. The van der Waals surface area contributed by atoms with E-state index in [9.17, 15) is 4.79 Å². The van der Waals surface area contributed by atoms with E-state index in [2.05, 4.69) is 25.5 Å². The molecule has 116 valence electrons. The number of anilines is 1. The molecule has 8 heteroatoms. The number of carbonyl (C=O) groups is 1. The number of hydrogen-bond acceptors (Lipinski definition) is 6. The van der Waals surface area contributed by atoms with Gasteiger partial charge in [0.15, 0.2) is 6.61 Å². The van der Waals surface area contributed by atoms with Crippen molar-refractivity contribution in [2.24, 2.45) is 0 Å². The largest absolute Gasteiger partial charge is 0.484 e. The van der Waals surface area contributed by atoms with Crippen LogP contribution in [0.3, 0.4) is 0 Å². The monoisotopic (exact) mass is 311 g/mol. The third-order valence-electron chi connectivity index (χ3n) is 2.73. The van der Waals surface area contributed by atoms with E-state index in [0.717, 1.165) is 0 Å². The van der Waals surface area contributed by atoms with E-state index in [-0.39, 0.29) is 18.5 Å². The number of nitrogens with zero attached hydrogens (tertiary/aromatic N) is 3. The van der Waals surface area contributed by atoms with Crippen LogP contribution in [0, 0.1) is 0 Å². The maximum Gasteiger partial charge on any atom is 0.264 e. The molecule has 0 aliphatic carbocycles. The molecule has 0 bridgehead atoms. The van der Waals surface area contributed by atoms with Crippen molar-refractivity contribution in [3.63, 3.8) is 0 Å². The summed E-state index contributed by atoms with van der Waals surface area (Å²) in [5.41, 5.74) is 0. The van der Waals surface area contributed by atoms with E-state index >= 15 is 0 Å². The van der Waals surface area contributed by atoms with Crippen LogP contribution in [0.2, 0.25) is 0 Å². The average Bonchev–Trinajstić information content (AvgIpc) is 3.08. The summed E-state index contributed by atoms with van der Waals surface area (Å²) in [7, 11) is 0. The van der Waals surface area contributed by atoms with Crippen molar-refractivity contribution in [3.05, 3.63) is 55.0 Å². The van der Waals surface area contributed by atoms with Crippen LogP contribution in [-0.2, 0) is 4.79 Å². The Kier molecular flexibility index (Phi) is 4.44. The Bertz CT molecular complexity index is 745. The molecule has 0 aliphatic rings. The lowest BCUT2D eigenvalue weighted by atomic mass is 10.3. The lowest BCUT2D eigenvalue weighted by Crippen LogP contribution is -2.20. The number of aromatic nitrogens is 4. The summed E-state index contributed by atoms with van der Waals surface area (Å²) in [6.07, 6.45) is 2.96. The number of nitrogens with one attached hydrogen (secondary N) is 2. The van der Waals surface area contributed by atoms with Crippen LogP contribution < -0.4 is 14.8 Å². The van der Waals surface area contributed by atoms with E-state index < -0.39 is 0 Å². The number of H-pyrrole nitrogens is 1. The van der Waals surface area contributed by atoms with E-state index in [1.54, 1.807) is 36.5 Å². The first-order valence-electron chi connectivity index (χ1n) is 6.76. The fourth-order valence-electron chi connectivity index (χ4n) is 1.71. The molecule has 2 aromatic heterocycles. The van der Waals surface area contributed by atoms with Crippen molar-refractivity contribution >= 4 is 11.9 Å². The smallest absolute Gasteiger partial charge is 0.264 e. The van der Waals surface area contributed by atoms with Crippen molar-refractivity contribution < 1.29 is 14.3 Å². The standard InChI is InChI=1S/C15H13N5O3/c21-13(19-15-17-10-18-20-15)9-22-11-4-6-12(7-5-11)23-14-3-1-2-8-16-14/h1-8,10H,9H2,(H2,17,18,19,20,21). The molecule has 0 spiro atoms. The van der Waals surface area contributed by atoms with Gasteiger partial charge in [-0.25, -0.2) is 10.1 Å². The molecule has 2 N–H and O–H groups in total. The lowest BCUT2D eigenvalue weighted by molar-refractivity contribution is -0.118. The number of benzene rings is 1. The Balaban J connectivity index is 1.50. The Hall–Kier alpha value is -3.42. The highest BCUT2D eigenvalue weighted by molar-refractivity contribution is 5.90. The first-order valence-corrected chi connectivity index (χ1v) is 6.76. The van der Waals surface area contributed by atoms with E-state index in [4.69, 9.17) is 9.47 Å². The molecule has 0 radical (unpaired) electrons. The molecule has 0 atom stereocenters. The van der Waals surface area contributed by atoms with Crippen molar-refractivity contribution in [2.45, 2.75) is 0 Å². The number of aromatic amines is 1. The zero-order valence-electron chi connectivity index (χ0n) is 12.0. The van der Waals surface area contributed by atoms with E-state index in [1.165, 1.54) is 6.33 Å². The van der Waals surface area contributed by atoms with Crippen LogP contribution >= 0.6 is 0 Å². The topological polar surface area (TPSA) is 102 Å². The Morgan fingerprint density at radius 1 is 1.09 bits per heavy atom. The highest BCUT2D eigenvalue weighted by Crippen LogP contribution is 2.22. The van der Waals surface area contributed by atoms with Crippen LogP contribution in [0.15, 0.2) is 55.0 Å². The summed E-state index contributed by atoms with van der Waals surface area (Å²) in [5, 5.41) is 8.66. The number of pyridine rings is 1. The molecule has 3 aromatic rings. The van der Waals surface area contributed by atoms with Crippen LogP contribution in [0.5, 0.6) is 17.4 Å². The Morgan fingerprint density at radius 2 is 1.91 bits per heavy atom. The number of carbonyl (C=O) groups excluding carboxylic acids is 1. The molecule has 2 heterocycles. The fraction of sp³-hybridized carbons (Fsp3) is 0.0667. The summed E-state index contributed by atoms with van der Waals surface area (Å²) in [5.74, 6) is 1.62. The fourth-order valence-corrected chi connectivity index (χ4v) is 1.71. The summed E-state index contributed by atoms with van der Waals surface area (Å²) in [6, 6.07) is 12.3. The predicted molar refractivity (Wildman–Crippen MR) is 81.3 cm³/mol. The van der Waals surface area contributed by atoms with Gasteiger partial charge in [-0.1, -0.05) is 6.07 Å². The first-order chi connectivity index (χ1) is 11.3. The van der Waals surface area contributed by atoms with Gasteiger partial charge in [-0.05, 0) is 30.3 Å². The minimum absolute atomic E-state index is 0.138. The minimum atomic E-state index is -0.337. The van der Waals surface area contributed by atoms with Gasteiger partial charge in [0.1, 0.15) is 17.8 Å². The third-order valence-corrected chi connectivity index (χ3v) is 2.73. The SMILES string of the molecule is O=C(COc1ccc(Oc2ccccn2)cc1)Nc1ncn[nH]1. The van der Waals surface area contributed by atoms with Crippen LogP contribution in [0.4, 0.5) is 5.95 Å². The number of rotatable bonds is 6. The molecule has 0 saturated carbocycles. The van der Waals surface area contributed by atoms with Gasteiger partial charge in [0, 0.05) is 12.3 Å². The summed E-state index contributed by atoms with van der Waals surface area (Å²) < 4.78 is 10.9. The van der Waals surface area contributed by atoms with Gasteiger partial charge in [-0.15, -0.1) is 0 Å². The zero-order valence-corrected chi connectivity index (χ0v) is 12.0. The Labute approximate surface area is 131 Å². The van der Waals surface area contributed by atoms with Crippen LogP contribution in [0.1, 0.15) is 0 Å². The summed E-state index contributed by atoms with van der Waals surface area (Å²) in [4.78, 5) is 19.5. The van der Waals surface area contributed by atoms with Crippen molar-refractivity contribution in [1.82, 2.24) is 20.2 Å². The number of hydrogen-bond donors (Lipinski definition) is 2. The molecule has 1 amide bonds. The second-order valence-electron chi connectivity index (χ2n) is 4.41. The van der Waals surface area contributed by atoms with Crippen LogP contribution in [-0.4, -0.2) is 32.7 Å². The highest BCUT2D eigenvalue weighted by atomic mass is 16.5. The number of ether oxygens (including phenoxy) is 2. The summed E-state index contributed by atoms with van der Waals surface area (Å²) in [6.45, 7) is -0.138. The first kappa shape index (κ1) is 14.5. The molecular weight excluding hydrogens is 298 g/mol. The van der Waals surface area contributed by atoms with Gasteiger partial charge in [-0.2, -0.15) is 10.1 Å². The molecule has 3 rings (SSSR count). The normalized spacial score (nSPS) is 10.1. The molecule has 8 nitrogen and oxygen atoms in total. The summed E-state index contributed by atoms with van der Waals surface area (Å²) >= 11 is 0. The molecule has 0 fully saturated rings. The quantitative estimate of drug-likeness (QED) is 0.722. The maximum absolute atomic E-state index is 11.6. The van der Waals surface area contributed by atoms with Crippen molar-refractivity contribution in [1.29, 1.82) is 0 Å². The molecular formula is C15H13N5O3. The molecule has 0 unspecified atom stereocenters. The van der Waals surface area contributed by atoms with Gasteiger partial charge in [0.05, 0.1) is 0 Å². The predicted octanol–water partition coefficient (Wildman–Crippen LogP) is 2.01. The van der Waals surface area contributed by atoms with Gasteiger partial charge >= 0.3 is 0 Å². The highest BCUT2D eigenvalue weighted by Gasteiger charge is 2.05.